The zero-order valence-electron chi connectivity index (χ0n) is 19.7. The van der Waals surface area contributed by atoms with Crippen LogP contribution in [0.15, 0.2) is 60.8 Å². The molecule has 3 aromatic rings. The number of nitrogens with one attached hydrogen (secondary N) is 2. The molecule has 1 aliphatic carbocycles. The predicted molar refractivity (Wildman–Crippen MR) is 137 cm³/mol. The first-order valence-electron chi connectivity index (χ1n) is 11.4. The monoisotopic (exact) mass is 476 g/mol. The summed E-state index contributed by atoms with van der Waals surface area (Å²) in [6.45, 7) is 2.94. The number of halogens is 1. The van der Waals surface area contributed by atoms with Gasteiger partial charge in [0.15, 0.2) is 0 Å². The topological polar surface area (TPSA) is 74.3 Å². The highest BCUT2D eigenvalue weighted by atomic mass is 35.5. The summed E-state index contributed by atoms with van der Waals surface area (Å²) in [5, 5.41) is 6.13. The Kier molecular flexibility index (Phi) is 7.00. The third-order valence-corrected chi connectivity index (χ3v) is 6.51. The molecular formula is C27H29ClN4O2. The molecule has 0 spiro atoms. The average molecular weight is 477 g/mol. The molecule has 34 heavy (non-hydrogen) atoms. The van der Waals surface area contributed by atoms with Crippen molar-refractivity contribution in [1.29, 1.82) is 0 Å². The molecule has 1 heterocycles. The summed E-state index contributed by atoms with van der Waals surface area (Å²) in [6, 6.07) is 16.5. The van der Waals surface area contributed by atoms with Crippen molar-refractivity contribution in [1.82, 2.24) is 9.88 Å². The van der Waals surface area contributed by atoms with Gasteiger partial charge in [-0.2, -0.15) is 0 Å². The molecule has 2 amide bonds. The van der Waals surface area contributed by atoms with Crippen LogP contribution in [0.25, 0.3) is 0 Å². The summed E-state index contributed by atoms with van der Waals surface area (Å²) < 4.78 is 0. The van der Waals surface area contributed by atoms with Crippen molar-refractivity contribution in [3.8, 4) is 0 Å². The fourth-order valence-corrected chi connectivity index (χ4v) is 4.14. The first kappa shape index (κ1) is 23.9. The lowest BCUT2D eigenvalue weighted by atomic mass is 9.91. The van der Waals surface area contributed by atoms with E-state index in [0.717, 1.165) is 18.5 Å². The molecule has 176 valence electrons. The van der Waals surface area contributed by atoms with E-state index in [0.29, 0.717) is 27.7 Å². The molecule has 4 rings (SSSR count). The Labute approximate surface area is 205 Å². The van der Waals surface area contributed by atoms with Crippen LogP contribution < -0.4 is 10.6 Å². The molecule has 0 atom stereocenters. The zero-order chi connectivity index (χ0) is 24.3. The molecular weight excluding hydrogens is 448 g/mol. The lowest BCUT2D eigenvalue weighted by molar-refractivity contribution is 0.102. The molecule has 0 bridgehead atoms. The first-order valence-corrected chi connectivity index (χ1v) is 11.7. The van der Waals surface area contributed by atoms with E-state index in [2.05, 4.69) is 46.7 Å². The Morgan fingerprint density at radius 1 is 1.00 bits per heavy atom. The Morgan fingerprint density at radius 3 is 2.35 bits per heavy atom. The number of aryl methyl sites for hydroxylation is 1. The second-order valence-corrected chi connectivity index (χ2v) is 9.67. The van der Waals surface area contributed by atoms with Crippen LogP contribution in [0.5, 0.6) is 0 Å². The van der Waals surface area contributed by atoms with Gasteiger partial charge in [-0.3, -0.25) is 9.59 Å². The van der Waals surface area contributed by atoms with Gasteiger partial charge >= 0.3 is 0 Å². The maximum absolute atomic E-state index is 13.0. The van der Waals surface area contributed by atoms with Gasteiger partial charge in [0.25, 0.3) is 11.8 Å². The summed E-state index contributed by atoms with van der Waals surface area (Å²) in [5.41, 5.74) is 3.80. The maximum atomic E-state index is 13.0. The highest BCUT2D eigenvalue weighted by Gasteiger charge is 2.43. The number of rotatable bonds is 8. The molecule has 1 aromatic heterocycles. The number of hydrogen-bond acceptors (Lipinski definition) is 4. The quantitative estimate of drug-likeness (QED) is 0.448. The van der Waals surface area contributed by atoms with Crippen molar-refractivity contribution in [2.75, 3.05) is 31.3 Å². The van der Waals surface area contributed by atoms with Gasteiger partial charge in [0.1, 0.15) is 5.82 Å². The fourth-order valence-electron chi connectivity index (χ4n) is 4.03. The van der Waals surface area contributed by atoms with Crippen LogP contribution >= 0.6 is 11.6 Å². The number of amides is 2. The number of pyridine rings is 1. The van der Waals surface area contributed by atoms with Gasteiger partial charge in [-0.1, -0.05) is 35.4 Å². The van der Waals surface area contributed by atoms with E-state index in [1.165, 1.54) is 24.6 Å². The Morgan fingerprint density at radius 2 is 1.74 bits per heavy atom. The van der Waals surface area contributed by atoms with Gasteiger partial charge in [-0.05, 0) is 94.2 Å². The summed E-state index contributed by atoms with van der Waals surface area (Å²) in [6.07, 6.45) is 4.97. The Hall–Kier alpha value is -3.22. The van der Waals surface area contributed by atoms with Crippen molar-refractivity contribution >= 4 is 34.9 Å². The van der Waals surface area contributed by atoms with Crippen molar-refractivity contribution in [2.45, 2.75) is 31.6 Å². The van der Waals surface area contributed by atoms with E-state index in [1.54, 1.807) is 24.3 Å². The van der Waals surface area contributed by atoms with Gasteiger partial charge in [0.05, 0.1) is 16.3 Å². The Bertz CT molecular complexity index is 1190. The normalized spacial score (nSPS) is 14.0. The van der Waals surface area contributed by atoms with Gasteiger partial charge in [-0.15, -0.1) is 0 Å². The lowest BCUT2D eigenvalue weighted by Crippen LogP contribution is -2.20. The SMILES string of the molecule is Cc1ccc(NC(=O)c2ccc(C3(CCN(C)C)CC3)cc2)c(C(=O)Nc2ccc(Cl)cn2)c1. The van der Waals surface area contributed by atoms with Crippen LogP contribution in [-0.4, -0.2) is 42.3 Å². The van der Waals surface area contributed by atoms with Gasteiger partial charge in [0.2, 0.25) is 0 Å². The van der Waals surface area contributed by atoms with E-state index in [1.807, 2.05) is 25.1 Å². The molecule has 0 saturated heterocycles. The van der Waals surface area contributed by atoms with Crippen LogP contribution in [0.4, 0.5) is 11.5 Å². The van der Waals surface area contributed by atoms with Gasteiger partial charge < -0.3 is 15.5 Å². The molecule has 2 N–H and O–H groups in total. The molecule has 1 aliphatic rings. The summed E-state index contributed by atoms with van der Waals surface area (Å²) in [5.74, 6) is -0.236. The van der Waals surface area contributed by atoms with Crippen LogP contribution in [0.2, 0.25) is 5.02 Å². The molecule has 2 aromatic carbocycles. The highest BCUT2D eigenvalue weighted by molar-refractivity contribution is 6.30. The summed E-state index contributed by atoms with van der Waals surface area (Å²) in [7, 11) is 4.18. The maximum Gasteiger partial charge on any atom is 0.258 e. The third kappa shape index (κ3) is 5.64. The van der Waals surface area contributed by atoms with Crippen LogP contribution in [0.1, 0.15) is 51.1 Å². The number of carbonyl (C=O) groups is 2. The van der Waals surface area contributed by atoms with E-state index in [4.69, 9.17) is 11.6 Å². The highest BCUT2D eigenvalue weighted by Crippen LogP contribution is 2.51. The van der Waals surface area contributed by atoms with Crippen molar-refractivity contribution in [3.63, 3.8) is 0 Å². The third-order valence-electron chi connectivity index (χ3n) is 6.29. The number of nitrogens with zero attached hydrogens (tertiary/aromatic N) is 2. The largest absolute Gasteiger partial charge is 0.321 e. The molecule has 1 fully saturated rings. The minimum atomic E-state index is -0.360. The Balaban J connectivity index is 1.48. The number of benzene rings is 2. The van der Waals surface area contributed by atoms with E-state index < -0.39 is 0 Å². The lowest BCUT2D eigenvalue weighted by Gasteiger charge is -2.19. The predicted octanol–water partition coefficient (Wildman–Crippen LogP) is 5.53. The second kappa shape index (κ2) is 9.95. The molecule has 0 radical (unpaired) electrons. The minimum Gasteiger partial charge on any atom is -0.321 e. The summed E-state index contributed by atoms with van der Waals surface area (Å²) in [4.78, 5) is 32.2. The smallest absolute Gasteiger partial charge is 0.258 e. The van der Waals surface area contributed by atoms with Crippen LogP contribution in [0.3, 0.4) is 0 Å². The second-order valence-electron chi connectivity index (χ2n) is 9.23. The van der Waals surface area contributed by atoms with E-state index >= 15 is 0 Å². The average Bonchev–Trinajstić information content (AvgIpc) is 3.61. The molecule has 1 saturated carbocycles. The van der Waals surface area contributed by atoms with Crippen molar-refractivity contribution in [2.24, 2.45) is 0 Å². The number of anilines is 2. The fraction of sp³-hybridized carbons (Fsp3) is 0.296. The number of carbonyl (C=O) groups excluding carboxylic acids is 2. The van der Waals surface area contributed by atoms with E-state index in [-0.39, 0.29) is 17.2 Å². The van der Waals surface area contributed by atoms with E-state index in [9.17, 15) is 9.59 Å². The van der Waals surface area contributed by atoms with Crippen molar-refractivity contribution in [3.05, 3.63) is 88.1 Å². The standard InChI is InChI=1S/C27H29ClN4O2/c1-18-4-10-23(22(16-18)26(34)31-24-11-9-21(28)17-29-24)30-25(33)19-5-7-20(8-6-19)27(12-13-27)14-15-32(2)3/h4-11,16-17H,12-15H2,1-3H3,(H,30,33)(H,29,31,34). The summed E-state index contributed by atoms with van der Waals surface area (Å²) >= 11 is 5.87. The van der Waals surface area contributed by atoms with Crippen LogP contribution in [-0.2, 0) is 5.41 Å². The van der Waals surface area contributed by atoms with Crippen molar-refractivity contribution < 1.29 is 9.59 Å². The number of aromatic nitrogens is 1. The number of hydrogen-bond donors (Lipinski definition) is 2. The van der Waals surface area contributed by atoms with Crippen LogP contribution in [0, 0.1) is 6.92 Å². The molecule has 6 nitrogen and oxygen atoms in total. The first-order chi connectivity index (χ1) is 16.3. The molecule has 7 heteroatoms. The molecule has 0 unspecified atom stereocenters. The van der Waals surface area contributed by atoms with Gasteiger partial charge in [-0.25, -0.2) is 4.98 Å². The minimum absolute atomic E-state index is 0.247. The molecule has 0 aliphatic heterocycles. The zero-order valence-corrected chi connectivity index (χ0v) is 20.4. The van der Waals surface area contributed by atoms with Gasteiger partial charge in [0, 0.05) is 11.8 Å².